The molecule has 0 bridgehead atoms. The van der Waals surface area contributed by atoms with E-state index in [9.17, 15) is 8.78 Å². The maximum atomic E-state index is 14.0. The lowest BCUT2D eigenvalue weighted by atomic mass is 9.82. The lowest BCUT2D eigenvalue weighted by molar-refractivity contribution is 0.548. The van der Waals surface area contributed by atoms with Crippen molar-refractivity contribution in [2.24, 2.45) is 0 Å². The molecule has 0 unspecified atom stereocenters. The summed E-state index contributed by atoms with van der Waals surface area (Å²) in [7, 11) is 0. The van der Waals surface area contributed by atoms with Gasteiger partial charge in [-0.05, 0) is 29.2 Å². The molecule has 2 rings (SSSR count). The van der Waals surface area contributed by atoms with Crippen LogP contribution in [0.2, 0.25) is 0 Å². The van der Waals surface area contributed by atoms with Gasteiger partial charge in [-0.1, -0.05) is 26.8 Å². The lowest BCUT2D eigenvalue weighted by Crippen LogP contribution is -2.14. The van der Waals surface area contributed by atoms with Crippen LogP contribution in [-0.2, 0) is 5.41 Å². The van der Waals surface area contributed by atoms with Gasteiger partial charge >= 0.3 is 0 Å². The molecule has 1 aromatic heterocycles. The summed E-state index contributed by atoms with van der Waals surface area (Å²) in [6.07, 6.45) is 1.60. The van der Waals surface area contributed by atoms with E-state index >= 15 is 0 Å². The van der Waals surface area contributed by atoms with Gasteiger partial charge in [0.2, 0.25) is 0 Å². The molecule has 0 spiro atoms. The van der Waals surface area contributed by atoms with Gasteiger partial charge in [-0.3, -0.25) is 4.98 Å². The summed E-state index contributed by atoms with van der Waals surface area (Å²) < 4.78 is 27.4. The van der Waals surface area contributed by atoms with Gasteiger partial charge in [-0.25, -0.2) is 8.78 Å². The van der Waals surface area contributed by atoms with Crippen LogP contribution in [0.3, 0.4) is 0 Å². The minimum absolute atomic E-state index is 0.351. The second-order valence-corrected chi connectivity index (χ2v) is 5.28. The molecule has 2 aromatic rings. The van der Waals surface area contributed by atoms with Crippen molar-refractivity contribution in [3.8, 4) is 11.3 Å². The highest BCUT2D eigenvalue weighted by atomic mass is 19.1. The highest BCUT2D eigenvalue weighted by Gasteiger charge is 2.23. The molecule has 1 aromatic carbocycles. The number of hydrogen-bond donors (Lipinski definition) is 0. The molecule has 3 heteroatoms. The largest absolute Gasteiger partial charge is 0.256 e. The van der Waals surface area contributed by atoms with E-state index in [1.54, 1.807) is 24.4 Å². The average molecular weight is 247 g/mol. The molecular weight excluding hydrogens is 232 g/mol. The monoisotopic (exact) mass is 247 g/mol. The van der Waals surface area contributed by atoms with Crippen molar-refractivity contribution in [3.05, 3.63) is 53.7 Å². The first kappa shape index (κ1) is 12.7. The Hall–Kier alpha value is -1.77. The van der Waals surface area contributed by atoms with Crippen molar-refractivity contribution in [1.29, 1.82) is 0 Å². The van der Waals surface area contributed by atoms with E-state index in [4.69, 9.17) is 0 Å². The molecule has 0 fully saturated rings. The van der Waals surface area contributed by atoms with E-state index in [2.05, 4.69) is 4.98 Å². The van der Waals surface area contributed by atoms with Crippen LogP contribution in [0, 0.1) is 11.6 Å². The Morgan fingerprint density at radius 1 is 1.06 bits per heavy atom. The molecule has 0 atom stereocenters. The molecule has 0 saturated carbocycles. The van der Waals surface area contributed by atoms with E-state index in [-0.39, 0.29) is 5.41 Å². The summed E-state index contributed by atoms with van der Waals surface area (Å²) in [6.45, 7) is 5.77. The SMILES string of the molecule is CC(C)(C)c1cc(F)cc(F)c1-c1ccccn1. The van der Waals surface area contributed by atoms with Crippen LogP contribution in [-0.4, -0.2) is 4.98 Å². The van der Waals surface area contributed by atoms with Crippen LogP contribution < -0.4 is 0 Å². The molecule has 0 N–H and O–H groups in total. The van der Waals surface area contributed by atoms with Gasteiger partial charge in [-0.15, -0.1) is 0 Å². The molecule has 94 valence electrons. The molecule has 1 nitrogen and oxygen atoms in total. The van der Waals surface area contributed by atoms with Crippen molar-refractivity contribution in [2.45, 2.75) is 26.2 Å². The van der Waals surface area contributed by atoms with Crippen molar-refractivity contribution in [3.63, 3.8) is 0 Å². The second-order valence-electron chi connectivity index (χ2n) is 5.28. The van der Waals surface area contributed by atoms with Gasteiger partial charge in [0.15, 0.2) is 0 Å². The molecule has 0 saturated heterocycles. The van der Waals surface area contributed by atoms with Crippen molar-refractivity contribution in [2.75, 3.05) is 0 Å². The summed E-state index contributed by atoms with van der Waals surface area (Å²) >= 11 is 0. The number of nitrogens with zero attached hydrogens (tertiary/aromatic N) is 1. The molecule has 18 heavy (non-hydrogen) atoms. The summed E-state index contributed by atoms with van der Waals surface area (Å²) in [4.78, 5) is 4.15. The summed E-state index contributed by atoms with van der Waals surface area (Å²) in [5, 5.41) is 0. The van der Waals surface area contributed by atoms with Gasteiger partial charge in [-0.2, -0.15) is 0 Å². The molecular formula is C15H15F2N. The fourth-order valence-corrected chi connectivity index (χ4v) is 1.94. The first-order chi connectivity index (χ1) is 8.39. The molecule has 0 aliphatic carbocycles. The predicted octanol–water partition coefficient (Wildman–Crippen LogP) is 4.32. The van der Waals surface area contributed by atoms with Gasteiger partial charge < -0.3 is 0 Å². The molecule has 0 amide bonds. The van der Waals surface area contributed by atoms with E-state index in [0.29, 0.717) is 16.8 Å². The lowest BCUT2D eigenvalue weighted by Gasteiger charge is -2.23. The van der Waals surface area contributed by atoms with Gasteiger partial charge in [0.25, 0.3) is 0 Å². The smallest absolute Gasteiger partial charge is 0.135 e. The van der Waals surface area contributed by atoms with Gasteiger partial charge in [0.05, 0.1) is 5.69 Å². The number of hydrogen-bond acceptors (Lipinski definition) is 1. The average Bonchev–Trinajstić information content (AvgIpc) is 2.28. The van der Waals surface area contributed by atoms with Crippen LogP contribution in [0.4, 0.5) is 8.78 Å². The minimum atomic E-state index is -0.571. The van der Waals surface area contributed by atoms with E-state index in [0.717, 1.165) is 6.07 Å². The standard InChI is InChI=1S/C15H15F2N/c1-15(2,3)11-8-10(16)9-12(17)14(11)13-6-4-5-7-18-13/h4-9H,1-3H3. The number of pyridine rings is 1. The summed E-state index contributed by atoms with van der Waals surface area (Å²) in [5.41, 5.74) is 1.18. The highest BCUT2D eigenvalue weighted by molar-refractivity contribution is 5.66. The summed E-state index contributed by atoms with van der Waals surface area (Å²) in [5.74, 6) is -1.13. The van der Waals surface area contributed by atoms with Crippen LogP contribution in [0.1, 0.15) is 26.3 Å². The van der Waals surface area contributed by atoms with Crippen LogP contribution >= 0.6 is 0 Å². The maximum absolute atomic E-state index is 14.0. The first-order valence-corrected chi connectivity index (χ1v) is 5.80. The topological polar surface area (TPSA) is 12.9 Å². The zero-order valence-corrected chi connectivity index (χ0v) is 10.7. The third-order valence-corrected chi connectivity index (χ3v) is 2.78. The Kier molecular flexibility index (Phi) is 3.16. The Balaban J connectivity index is 2.74. The Bertz CT molecular complexity index is 557. The van der Waals surface area contributed by atoms with Crippen LogP contribution in [0.15, 0.2) is 36.5 Å². The third-order valence-electron chi connectivity index (χ3n) is 2.78. The zero-order chi connectivity index (χ0) is 13.3. The normalized spacial score (nSPS) is 11.6. The summed E-state index contributed by atoms with van der Waals surface area (Å²) in [6, 6.07) is 7.57. The van der Waals surface area contributed by atoms with Crippen molar-refractivity contribution >= 4 is 0 Å². The second kappa shape index (κ2) is 4.48. The third kappa shape index (κ3) is 2.40. The van der Waals surface area contributed by atoms with Gasteiger partial charge in [0, 0.05) is 17.8 Å². The number of benzene rings is 1. The predicted molar refractivity (Wildman–Crippen MR) is 68.3 cm³/mol. The quantitative estimate of drug-likeness (QED) is 0.731. The Morgan fingerprint density at radius 3 is 2.33 bits per heavy atom. The number of aromatic nitrogens is 1. The number of rotatable bonds is 1. The zero-order valence-electron chi connectivity index (χ0n) is 10.7. The van der Waals surface area contributed by atoms with E-state index in [1.807, 2.05) is 20.8 Å². The van der Waals surface area contributed by atoms with E-state index in [1.165, 1.54) is 6.07 Å². The van der Waals surface area contributed by atoms with Crippen LogP contribution in [0.25, 0.3) is 11.3 Å². The van der Waals surface area contributed by atoms with Gasteiger partial charge in [0.1, 0.15) is 11.6 Å². The Labute approximate surface area is 105 Å². The minimum Gasteiger partial charge on any atom is -0.256 e. The molecule has 0 aliphatic rings. The van der Waals surface area contributed by atoms with Crippen molar-refractivity contribution < 1.29 is 8.78 Å². The first-order valence-electron chi connectivity index (χ1n) is 5.80. The molecule has 0 aliphatic heterocycles. The maximum Gasteiger partial charge on any atom is 0.135 e. The fourth-order valence-electron chi connectivity index (χ4n) is 1.94. The molecule has 1 heterocycles. The molecule has 0 radical (unpaired) electrons. The van der Waals surface area contributed by atoms with E-state index < -0.39 is 11.6 Å². The fraction of sp³-hybridized carbons (Fsp3) is 0.267. The van der Waals surface area contributed by atoms with Crippen LogP contribution in [0.5, 0.6) is 0 Å². The Morgan fingerprint density at radius 2 is 1.78 bits per heavy atom. The number of halogens is 2. The highest BCUT2D eigenvalue weighted by Crippen LogP contribution is 2.34. The van der Waals surface area contributed by atoms with Crippen molar-refractivity contribution in [1.82, 2.24) is 4.98 Å².